The van der Waals surface area contributed by atoms with Gasteiger partial charge in [0.1, 0.15) is 11.6 Å². The zero-order valence-corrected chi connectivity index (χ0v) is 13.3. The second-order valence-electron chi connectivity index (χ2n) is 5.68. The first-order valence-corrected chi connectivity index (χ1v) is 8.03. The molecule has 0 saturated heterocycles. The molecule has 3 N–H and O–H groups in total. The molecule has 124 valence electrons. The van der Waals surface area contributed by atoms with E-state index in [9.17, 15) is 9.18 Å². The lowest BCUT2D eigenvalue weighted by Gasteiger charge is -2.08. The highest BCUT2D eigenvalue weighted by molar-refractivity contribution is 5.79. The lowest BCUT2D eigenvalue weighted by Crippen LogP contribution is -2.18. The summed E-state index contributed by atoms with van der Waals surface area (Å²) in [4.78, 5) is 15.2. The molecule has 0 spiro atoms. The number of nitrogens with one attached hydrogen (secondary N) is 3. The van der Waals surface area contributed by atoms with Crippen molar-refractivity contribution in [3.8, 4) is 0 Å². The molecule has 3 rings (SSSR count). The van der Waals surface area contributed by atoms with Crippen molar-refractivity contribution in [1.29, 1.82) is 0 Å². The van der Waals surface area contributed by atoms with E-state index in [-0.39, 0.29) is 11.2 Å². The van der Waals surface area contributed by atoms with Gasteiger partial charge in [0.25, 0.3) is 0 Å². The van der Waals surface area contributed by atoms with Crippen LogP contribution in [-0.4, -0.2) is 18.1 Å². The van der Waals surface area contributed by atoms with Gasteiger partial charge in [0.15, 0.2) is 5.43 Å². The van der Waals surface area contributed by atoms with Crippen LogP contribution in [0.15, 0.2) is 59.4 Å². The summed E-state index contributed by atoms with van der Waals surface area (Å²) in [6.07, 6.45) is 0.913. The molecule has 24 heavy (non-hydrogen) atoms. The molecule has 0 amide bonds. The maximum absolute atomic E-state index is 12.8. The number of aromatic amines is 1. The van der Waals surface area contributed by atoms with Gasteiger partial charge in [-0.15, -0.1) is 0 Å². The van der Waals surface area contributed by atoms with E-state index in [0.717, 1.165) is 36.4 Å². The normalized spacial score (nSPS) is 10.9. The van der Waals surface area contributed by atoms with Crippen LogP contribution in [0.1, 0.15) is 12.0 Å². The van der Waals surface area contributed by atoms with Gasteiger partial charge >= 0.3 is 0 Å². The third kappa shape index (κ3) is 4.20. The van der Waals surface area contributed by atoms with Crippen molar-refractivity contribution >= 4 is 16.7 Å². The minimum atomic E-state index is -0.215. The van der Waals surface area contributed by atoms with Gasteiger partial charge in [0, 0.05) is 24.5 Å². The van der Waals surface area contributed by atoms with Crippen LogP contribution in [-0.2, 0) is 6.54 Å². The van der Waals surface area contributed by atoms with E-state index in [2.05, 4.69) is 15.6 Å². The largest absolute Gasteiger partial charge is 0.371 e. The highest BCUT2D eigenvalue weighted by atomic mass is 19.1. The minimum Gasteiger partial charge on any atom is -0.371 e. The number of pyridine rings is 1. The van der Waals surface area contributed by atoms with E-state index >= 15 is 0 Å². The molecular formula is C19H20FN3O. The summed E-state index contributed by atoms with van der Waals surface area (Å²) in [6, 6.07) is 15.6. The zero-order valence-electron chi connectivity index (χ0n) is 13.3. The van der Waals surface area contributed by atoms with Crippen LogP contribution in [0.3, 0.4) is 0 Å². The van der Waals surface area contributed by atoms with Gasteiger partial charge in [0.2, 0.25) is 0 Å². The summed E-state index contributed by atoms with van der Waals surface area (Å²) in [6.45, 7) is 2.31. The van der Waals surface area contributed by atoms with Gasteiger partial charge in [-0.1, -0.05) is 24.3 Å². The van der Waals surface area contributed by atoms with Crippen molar-refractivity contribution in [1.82, 2.24) is 10.3 Å². The molecule has 0 aliphatic rings. The van der Waals surface area contributed by atoms with Crippen LogP contribution in [0.5, 0.6) is 0 Å². The van der Waals surface area contributed by atoms with Crippen molar-refractivity contribution in [2.24, 2.45) is 0 Å². The fourth-order valence-corrected chi connectivity index (χ4v) is 2.56. The Morgan fingerprint density at radius 1 is 1.00 bits per heavy atom. The Hall–Kier alpha value is -2.66. The van der Waals surface area contributed by atoms with E-state index in [4.69, 9.17) is 0 Å². The SMILES string of the molecule is O=c1cc(NCCCNCc2ccc(F)cc2)[nH]c2ccccc12. The lowest BCUT2D eigenvalue weighted by molar-refractivity contribution is 0.624. The van der Waals surface area contributed by atoms with E-state index in [1.165, 1.54) is 12.1 Å². The molecule has 0 atom stereocenters. The molecule has 0 aliphatic heterocycles. The summed E-state index contributed by atoms with van der Waals surface area (Å²) in [5.41, 5.74) is 1.91. The molecule has 0 unspecified atom stereocenters. The summed E-state index contributed by atoms with van der Waals surface area (Å²) in [7, 11) is 0. The van der Waals surface area contributed by atoms with Gasteiger partial charge in [-0.25, -0.2) is 4.39 Å². The number of H-pyrrole nitrogens is 1. The molecule has 0 saturated carbocycles. The molecule has 1 aromatic heterocycles. The number of aromatic nitrogens is 1. The number of fused-ring (bicyclic) bond motifs is 1. The molecule has 0 fully saturated rings. The Labute approximate surface area is 139 Å². The first kappa shape index (κ1) is 16.2. The summed E-state index contributed by atoms with van der Waals surface area (Å²) in [5.74, 6) is 0.518. The molecule has 2 aromatic carbocycles. The van der Waals surface area contributed by atoms with Crippen molar-refractivity contribution in [2.45, 2.75) is 13.0 Å². The van der Waals surface area contributed by atoms with Crippen molar-refractivity contribution in [2.75, 3.05) is 18.4 Å². The molecule has 1 heterocycles. The number of rotatable bonds is 7. The van der Waals surface area contributed by atoms with Crippen LogP contribution in [0.2, 0.25) is 0 Å². The first-order chi connectivity index (χ1) is 11.7. The Bertz CT molecular complexity index is 858. The second kappa shape index (κ2) is 7.75. The summed E-state index contributed by atoms with van der Waals surface area (Å²) < 4.78 is 12.8. The number of para-hydroxylation sites is 1. The van der Waals surface area contributed by atoms with Crippen LogP contribution in [0.4, 0.5) is 10.2 Å². The average Bonchev–Trinajstić information content (AvgIpc) is 2.60. The molecule has 3 aromatic rings. The van der Waals surface area contributed by atoms with Crippen LogP contribution < -0.4 is 16.1 Å². The van der Waals surface area contributed by atoms with Gasteiger partial charge in [-0.2, -0.15) is 0 Å². The maximum Gasteiger partial charge on any atom is 0.191 e. The summed E-state index contributed by atoms with van der Waals surface area (Å²) >= 11 is 0. The van der Waals surface area contributed by atoms with Gasteiger partial charge < -0.3 is 15.6 Å². The Balaban J connectivity index is 1.43. The predicted octanol–water partition coefficient (Wildman–Crippen LogP) is 3.26. The van der Waals surface area contributed by atoms with Gasteiger partial charge in [-0.3, -0.25) is 4.79 Å². The number of benzene rings is 2. The van der Waals surface area contributed by atoms with Crippen molar-refractivity contribution < 1.29 is 4.39 Å². The number of hydrogen-bond donors (Lipinski definition) is 3. The second-order valence-corrected chi connectivity index (χ2v) is 5.68. The molecular weight excluding hydrogens is 305 g/mol. The fourth-order valence-electron chi connectivity index (χ4n) is 2.56. The highest BCUT2D eigenvalue weighted by Crippen LogP contribution is 2.10. The number of anilines is 1. The molecule has 0 aliphatic carbocycles. The smallest absolute Gasteiger partial charge is 0.191 e. The monoisotopic (exact) mass is 325 g/mol. The van der Waals surface area contributed by atoms with E-state index in [1.807, 2.05) is 24.3 Å². The summed E-state index contributed by atoms with van der Waals surface area (Å²) in [5, 5.41) is 7.25. The Morgan fingerprint density at radius 2 is 1.79 bits per heavy atom. The third-order valence-corrected chi connectivity index (χ3v) is 3.83. The molecule has 5 heteroatoms. The minimum absolute atomic E-state index is 0.0151. The van der Waals surface area contributed by atoms with Crippen molar-refractivity contribution in [3.63, 3.8) is 0 Å². The van der Waals surface area contributed by atoms with Crippen molar-refractivity contribution in [3.05, 3.63) is 76.2 Å². The zero-order chi connectivity index (χ0) is 16.8. The van der Waals surface area contributed by atoms with E-state index in [0.29, 0.717) is 11.9 Å². The predicted molar refractivity (Wildman–Crippen MR) is 95.8 cm³/mol. The fraction of sp³-hybridized carbons (Fsp3) is 0.211. The van der Waals surface area contributed by atoms with Gasteiger partial charge in [-0.05, 0) is 42.8 Å². The molecule has 4 nitrogen and oxygen atoms in total. The molecule has 0 bridgehead atoms. The first-order valence-electron chi connectivity index (χ1n) is 8.03. The standard InChI is InChI=1S/C19H20FN3O/c20-15-8-6-14(7-9-15)13-21-10-3-11-22-19-12-18(24)16-4-1-2-5-17(16)23-19/h1-2,4-9,12,21H,3,10-11,13H2,(H2,22,23,24). The number of halogens is 1. The van der Waals surface area contributed by atoms with E-state index < -0.39 is 0 Å². The van der Waals surface area contributed by atoms with E-state index in [1.54, 1.807) is 18.2 Å². The third-order valence-electron chi connectivity index (χ3n) is 3.83. The topological polar surface area (TPSA) is 56.9 Å². The number of hydrogen-bond acceptors (Lipinski definition) is 3. The highest BCUT2D eigenvalue weighted by Gasteiger charge is 2.00. The maximum atomic E-state index is 12.8. The average molecular weight is 325 g/mol. The lowest BCUT2D eigenvalue weighted by atomic mass is 10.2. The molecule has 0 radical (unpaired) electrons. The quantitative estimate of drug-likeness (QED) is 0.585. The Kier molecular flexibility index (Phi) is 5.23. The van der Waals surface area contributed by atoms with Crippen LogP contribution in [0.25, 0.3) is 10.9 Å². The Morgan fingerprint density at radius 3 is 2.62 bits per heavy atom. The van der Waals surface area contributed by atoms with Crippen LogP contribution >= 0.6 is 0 Å². The van der Waals surface area contributed by atoms with Gasteiger partial charge in [0.05, 0.1) is 5.52 Å². The van der Waals surface area contributed by atoms with Crippen LogP contribution in [0, 0.1) is 5.82 Å².